The first-order chi connectivity index (χ1) is 12.0. The Morgan fingerprint density at radius 2 is 1.76 bits per heavy atom. The average molecular weight is 344 g/mol. The molecule has 0 bridgehead atoms. The Hall–Kier alpha value is -2.37. The molecule has 1 aromatic carbocycles. The smallest absolute Gasteiger partial charge is 0.243 e. The monoisotopic (exact) mass is 344 g/mol. The molecule has 0 aliphatic heterocycles. The van der Waals surface area contributed by atoms with Crippen molar-refractivity contribution in [3.05, 3.63) is 24.3 Å². The number of anilines is 2. The van der Waals surface area contributed by atoms with E-state index in [1.807, 2.05) is 43.3 Å². The molecule has 1 saturated carbocycles. The fraction of sp³-hybridized carbons (Fsp3) is 0.526. The summed E-state index contributed by atoms with van der Waals surface area (Å²) in [7, 11) is 3.93. The van der Waals surface area contributed by atoms with Crippen molar-refractivity contribution in [2.45, 2.75) is 45.4 Å². The Labute approximate surface area is 149 Å². The van der Waals surface area contributed by atoms with Crippen LogP contribution in [0.4, 0.5) is 11.4 Å². The minimum atomic E-state index is -0.147. The van der Waals surface area contributed by atoms with Crippen LogP contribution in [0.5, 0.6) is 0 Å². The molecule has 25 heavy (non-hydrogen) atoms. The molecular weight excluding hydrogens is 316 g/mol. The van der Waals surface area contributed by atoms with Crippen LogP contribution in [0.2, 0.25) is 0 Å². The molecule has 2 rings (SSSR count). The lowest BCUT2D eigenvalue weighted by molar-refractivity contribution is -0.126. The van der Waals surface area contributed by atoms with Gasteiger partial charge in [0.1, 0.15) is 0 Å². The molecule has 2 N–H and O–H groups in total. The molecule has 1 fully saturated rings. The second kappa shape index (κ2) is 9.20. The van der Waals surface area contributed by atoms with E-state index >= 15 is 0 Å². The Morgan fingerprint density at radius 3 is 2.36 bits per heavy atom. The average Bonchev–Trinajstić information content (AvgIpc) is 2.60. The third kappa shape index (κ3) is 6.21. The van der Waals surface area contributed by atoms with Crippen LogP contribution in [-0.4, -0.2) is 31.6 Å². The van der Waals surface area contributed by atoms with E-state index in [9.17, 15) is 9.59 Å². The first-order valence-electron chi connectivity index (χ1n) is 8.86. The highest BCUT2D eigenvalue weighted by atomic mass is 16.2. The molecule has 0 spiro atoms. The number of hydrogen-bond donors (Lipinski definition) is 2. The number of hydrazone groups is 1. The minimum absolute atomic E-state index is 0.0290. The van der Waals surface area contributed by atoms with E-state index in [1.165, 1.54) is 6.42 Å². The quantitative estimate of drug-likeness (QED) is 0.615. The predicted octanol–water partition coefficient (Wildman–Crippen LogP) is 3.15. The van der Waals surface area contributed by atoms with Crippen molar-refractivity contribution in [2.24, 2.45) is 11.0 Å². The number of rotatable bonds is 6. The predicted molar refractivity (Wildman–Crippen MR) is 102 cm³/mol. The van der Waals surface area contributed by atoms with E-state index in [2.05, 4.69) is 15.8 Å². The molecule has 0 unspecified atom stereocenters. The van der Waals surface area contributed by atoms with Crippen LogP contribution in [0.1, 0.15) is 45.4 Å². The molecule has 6 heteroatoms. The highest BCUT2D eigenvalue weighted by Gasteiger charge is 2.20. The van der Waals surface area contributed by atoms with Gasteiger partial charge in [-0.15, -0.1) is 0 Å². The maximum atomic E-state index is 12.1. The zero-order valence-electron chi connectivity index (χ0n) is 15.3. The number of benzene rings is 1. The van der Waals surface area contributed by atoms with E-state index in [4.69, 9.17) is 0 Å². The van der Waals surface area contributed by atoms with Crippen LogP contribution < -0.4 is 15.6 Å². The molecule has 1 aliphatic rings. The van der Waals surface area contributed by atoms with Crippen LogP contribution in [0.3, 0.4) is 0 Å². The zero-order valence-corrected chi connectivity index (χ0v) is 15.3. The maximum Gasteiger partial charge on any atom is 0.243 e. The molecule has 136 valence electrons. The van der Waals surface area contributed by atoms with Crippen molar-refractivity contribution in [3.8, 4) is 0 Å². The Kier molecular flexibility index (Phi) is 6.98. The highest BCUT2D eigenvalue weighted by molar-refractivity contribution is 6.05. The number of nitrogens with one attached hydrogen (secondary N) is 2. The van der Waals surface area contributed by atoms with Gasteiger partial charge >= 0.3 is 0 Å². The molecule has 1 aromatic rings. The zero-order chi connectivity index (χ0) is 18.2. The lowest BCUT2D eigenvalue weighted by Crippen LogP contribution is -2.29. The van der Waals surface area contributed by atoms with Gasteiger partial charge in [-0.25, -0.2) is 5.43 Å². The van der Waals surface area contributed by atoms with Gasteiger partial charge in [0.25, 0.3) is 0 Å². The second-order valence-corrected chi connectivity index (χ2v) is 6.82. The molecule has 0 heterocycles. The Morgan fingerprint density at radius 1 is 1.12 bits per heavy atom. The summed E-state index contributed by atoms with van der Waals surface area (Å²) in [6.45, 7) is 1.75. The standard InChI is InChI=1S/C19H28N4O2/c1-14(21-22-19(25)15-7-5-4-6-8-15)13-18(24)20-16-9-11-17(12-10-16)23(2)3/h9-12,15H,4-8,13H2,1-3H3,(H,20,24)(H,22,25)/b21-14+. The maximum absolute atomic E-state index is 12.1. The molecule has 2 amide bonds. The fourth-order valence-corrected chi connectivity index (χ4v) is 2.93. The van der Waals surface area contributed by atoms with Gasteiger partial charge in [-0.05, 0) is 44.0 Å². The molecule has 1 aliphatic carbocycles. The van der Waals surface area contributed by atoms with Gasteiger partial charge in [0.2, 0.25) is 11.8 Å². The molecular formula is C19H28N4O2. The summed E-state index contributed by atoms with van der Waals surface area (Å²) in [5.74, 6) is -0.112. The highest BCUT2D eigenvalue weighted by Crippen LogP contribution is 2.23. The van der Waals surface area contributed by atoms with Crippen LogP contribution in [0.25, 0.3) is 0 Å². The van der Waals surface area contributed by atoms with Gasteiger partial charge in [-0.2, -0.15) is 5.10 Å². The summed E-state index contributed by atoms with van der Waals surface area (Å²) in [6.07, 6.45) is 5.45. The molecule has 0 saturated heterocycles. The van der Waals surface area contributed by atoms with E-state index in [-0.39, 0.29) is 24.2 Å². The van der Waals surface area contributed by atoms with Crippen LogP contribution in [0, 0.1) is 5.92 Å². The fourth-order valence-electron chi connectivity index (χ4n) is 2.93. The number of carbonyl (C=O) groups excluding carboxylic acids is 2. The van der Waals surface area contributed by atoms with E-state index < -0.39 is 0 Å². The van der Waals surface area contributed by atoms with E-state index in [0.29, 0.717) is 5.71 Å². The van der Waals surface area contributed by atoms with Crippen molar-refractivity contribution in [3.63, 3.8) is 0 Å². The third-order valence-electron chi connectivity index (χ3n) is 4.42. The minimum Gasteiger partial charge on any atom is -0.378 e. The van der Waals surface area contributed by atoms with Crippen molar-refractivity contribution in [2.75, 3.05) is 24.3 Å². The first-order valence-corrected chi connectivity index (χ1v) is 8.86. The normalized spacial score (nSPS) is 15.6. The first kappa shape index (κ1) is 19.0. The molecule has 0 aromatic heterocycles. The van der Waals surface area contributed by atoms with E-state index in [1.54, 1.807) is 6.92 Å². The van der Waals surface area contributed by atoms with Crippen molar-refractivity contribution < 1.29 is 9.59 Å². The molecule has 0 radical (unpaired) electrons. The largest absolute Gasteiger partial charge is 0.378 e. The van der Waals surface area contributed by atoms with Gasteiger partial charge in [-0.3, -0.25) is 9.59 Å². The van der Waals surface area contributed by atoms with Gasteiger partial charge in [0, 0.05) is 37.1 Å². The summed E-state index contributed by atoms with van der Waals surface area (Å²) in [6, 6.07) is 7.62. The number of amides is 2. The van der Waals surface area contributed by atoms with Crippen molar-refractivity contribution in [1.82, 2.24) is 5.43 Å². The van der Waals surface area contributed by atoms with Gasteiger partial charge in [0.15, 0.2) is 0 Å². The number of hydrogen-bond acceptors (Lipinski definition) is 4. The summed E-state index contributed by atoms with van der Waals surface area (Å²) in [5, 5.41) is 6.91. The van der Waals surface area contributed by atoms with Gasteiger partial charge in [-0.1, -0.05) is 19.3 Å². The SMILES string of the molecule is C/C(CC(=O)Nc1ccc(N(C)C)cc1)=N\NC(=O)C1CCCCC1. The van der Waals surface area contributed by atoms with Crippen LogP contribution in [-0.2, 0) is 9.59 Å². The van der Waals surface area contributed by atoms with Crippen molar-refractivity contribution >= 4 is 28.9 Å². The number of carbonyl (C=O) groups is 2. The van der Waals surface area contributed by atoms with Crippen molar-refractivity contribution in [1.29, 1.82) is 0 Å². The lowest BCUT2D eigenvalue weighted by atomic mass is 9.89. The van der Waals surface area contributed by atoms with Gasteiger partial charge < -0.3 is 10.2 Å². The second-order valence-electron chi connectivity index (χ2n) is 6.82. The third-order valence-corrected chi connectivity index (χ3v) is 4.42. The summed E-state index contributed by atoms with van der Waals surface area (Å²) >= 11 is 0. The molecule has 6 nitrogen and oxygen atoms in total. The summed E-state index contributed by atoms with van der Waals surface area (Å²) in [4.78, 5) is 26.1. The van der Waals surface area contributed by atoms with Crippen LogP contribution >= 0.6 is 0 Å². The number of nitrogens with zero attached hydrogens (tertiary/aromatic N) is 2. The topological polar surface area (TPSA) is 73.8 Å². The Balaban J connectivity index is 1.79. The Bertz CT molecular complexity index is 617. The van der Waals surface area contributed by atoms with Gasteiger partial charge in [0.05, 0.1) is 6.42 Å². The van der Waals surface area contributed by atoms with E-state index in [0.717, 1.165) is 37.1 Å². The lowest BCUT2D eigenvalue weighted by Gasteiger charge is -2.19. The van der Waals surface area contributed by atoms with Crippen LogP contribution in [0.15, 0.2) is 29.4 Å². The summed E-state index contributed by atoms with van der Waals surface area (Å²) in [5.41, 5.74) is 5.01. The summed E-state index contributed by atoms with van der Waals surface area (Å²) < 4.78 is 0. The molecule has 0 atom stereocenters.